The highest BCUT2D eigenvalue weighted by Crippen LogP contribution is 2.27. The number of rotatable bonds is 5. The Morgan fingerprint density at radius 3 is 2.64 bits per heavy atom. The second-order valence-corrected chi connectivity index (χ2v) is 7.82. The molecule has 4 rings (SSSR count). The van der Waals surface area contributed by atoms with E-state index in [2.05, 4.69) is 30.8 Å². The van der Waals surface area contributed by atoms with Crippen LogP contribution in [0.25, 0.3) is 0 Å². The van der Waals surface area contributed by atoms with Crippen molar-refractivity contribution in [1.29, 1.82) is 0 Å². The zero-order valence-corrected chi connectivity index (χ0v) is 16.5. The van der Waals surface area contributed by atoms with Crippen LogP contribution in [0.2, 0.25) is 0 Å². The van der Waals surface area contributed by atoms with Gasteiger partial charge in [0.2, 0.25) is 0 Å². The lowest BCUT2D eigenvalue weighted by Crippen LogP contribution is -2.39. The molecule has 2 saturated heterocycles. The van der Waals surface area contributed by atoms with Crippen LogP contribution in [-0.4, -0.2) is 58.9 Å². The van der Waals surface area contributed by atoms with Gasteiger partial charge in [0.05, 0.1) is 0 Å². The Balaban J connectivity index is 1.36. The Labute approximate surface area is 166 Å². The summed E-state index contributed by atoms with van der Waals surface area (Å²) >= 11 is 0. The highest BCUT2D eigenvalue weighted by atomic mass is 16.5. The first-order chi connectivity index (χ1) is 13.7. The van der Waals surface area contributed by atoms with E-state index in [1.807, 2.05) is 19.2 Å². The van der Waals surface area contributed by atoms with Gasteiger partial charge in [-0.1, -0.05) is 0 Å². The van der Waals surface area contributed by atoms with Gasteiger partial charge >= 0.3 is 0 Å². The standard InChI is InChI=1S/C21H29N5O2/c1-16-12-22-7-4-19(16)28-18-5-9-25(10-6-18)20-11-21(24-15-23-20)26-8-2-3-17(13-26)14-27/h4,7,11-12,15,17-18,27H,2-3,5-6,8-10,13-14H2,1H3/t17-/m0/s1. The topological polar surface area (TPSA) is 74.6 Å². The molecule has 2 aliphatic heterocycles. The van der Waals surface area contributed by atoms with Gasteiger partial charge in [0.1, 0.15) is 29.8 Å². The van der Waals surface area contributed by atoms with Crippen LogP contribution in [0, 0.1) is 12.8 Å². The fourth-order valence-corrected chi connectivity index (χ4v) is 4.08. The van der Waals surface area contributed by atoms with Gasteiger partial charge in [-0.05, 0) is 31.7 Å². The zero-order valence-electron chi connectivity index (χ0n) is 16.5. The van der Waals surface area contributed by atoms with Crippen LogP contribution in [0.3, 0.4) is 0 Å². The Hall–Kier alpha value is -2.41. The molecule has 1 atom stereocenters. The first-order valence-corrected chi connectivity index (χ1v) is 10.2. The van der Waals surface area contributed by atoms with Crippen LogP contribution in [0.1, 0.15) is 31.2 Å². The van der Waals surface area contributed by atoms with Crippen molar-refractivity contribution in [2.24, 2.45) is 5.92 Å². The van der Waals surface area contributed by atoms with Crippen LogP contribution in [-0.2, 0) is 0 Å². The molecule has 2 aromatic rings. The second kappa shape index (κ2) is 8.73. The summed E-state index contributed by atoms with van der Waals surface area (Å²) in [5.41, 5.74) is 1.08. The summed E-state index contributed by atoms with van der Waals surface area (Å²) in [4.78, 5) is 17.7. The van der Waals surface area contributed by atoms with E-state index in [-0.39, 0.29) is 12.7 Å². The number of pyridine rings is 1. The molecule has 0 saturated carbocycles. The van der Waals surface area contributed by atoms with Gasteiger partial charge in [-0.2, -0.15) is 0 Å². The molecular formula is C21H29N5O2. The van der Waals surface area contributed by atoms with Crippen molar-refractivity contribution < 1.29 is 9.84 Å². The minimum Gasteiger partial charge on any atom is -0.490 e. The van der Waals surface area contributed by atoms with Crippen LogP contribution < -0.4 is 14.5 Å². The number of aliphatic hydroxyl groups excluding tert-OH is 1. The normalized spacial score (nSPS) is 21.0. The van der Waals surface area contributed by atoms with E-state index in [9.17, 15) is 5.11 Å². The van der Waals surface area contributed by atoms with Crippen molar-refractivity contribution in [2.75, 3.05) is 42.6 Å². The van der Waals surface area contributed by atoms with Crippen LogP contribution in [0.5, 0.6) is 5.75 Å². The maximum Gasteiger partial charge on any atom is 0.134 e. The Bertz CT molecular complexity index is 779. The summed E-state index contributed by atoms with van der Waals surface area (Å²) in [6.45, 7) is 5.98. The van der Waals surface area contributed by atoms with Gasteiger partial charge in [0, 0.05) is 69.7 Å². The number of aromatic nitrogens is 3. The first kappa shape index (κ1) is 18.9. The van der Waals surface area contributed by atoms with Gasteiger partial charge in [0.15, 0.2) is 0 Å². The average molecular weight is 383 g/mol. The summed E-state index contributed by atoms with van der Waals surface area (Å²) in [6.07, 6.45) is 9.64. The molecule has 0 spiro atoms. The van der Waals surface area contributed by atoms with Crippen molar-refractivity contribution >= 4 is 11.6 Å². The molecule has 0 unspecified atom stereocenters. The van der Waals surface area contributed by atoms with Crippen molar-refractivity contribution in [1.82, 2.24) is 15.0 Å². The monoisotopic (exact) mass is 383 g/mol. The molecule has 7 nitrogen and oxygen atoms in total. The van der Waals surface area contributed by atoms with E-state index < -0.39 is 0 Å². The number of aryl methyl sites for hydroxylation is 1. The molecule has 1 N–H and O–H groups in total. The van der Waals surface area contributed by atoms with E-state index in [4.69, 9.17) is 4.74 Å². The fourth-order valence-electron chi connectivity index (χ4n) is 4.08. The van der Waals surface area contributed by atoms with E-state index in [0.717, 1.165) is 74.8 Å². The summed E-state index contributed by atoms with van der Waals surface area (Å²) in [7, 11) is 0. The third kappa shape index (κ3) is 4.35. The van der Waals surface area contributed by atoms with E-state index in [0.29, 0.717) is 5.92 Å². The summed E-state index contributed by atoms with van der Waals surface area (Å²) in [6, 6.07) is 4.03. The molecule has 4 heterocycles. The van der Waals surface area contributed by atoms with E-state index >= 15 is 0 Å². The molecule has 0 bridgehead atoms. The number of nitrogens with zero attached hydrogens (tertiary/aromatic N) is 5. The largest absolute Gasteiger partial charge is 0.490 e. The average Bonchev–Trinajstić information content (AvgIpc) is 2.76. The number of anilines is 2. The van der Waals surface area contributed by atoms with Crippen LogP contribution >= 0.6 is 0 Å². The zero-order chi connectivity index (χ0) is 19.3. The van der Waals surface area contributed by atoms with Crippen molar-refractivity contribution in [3.05, 3.63) is 36.4 Å². The second-order valence-electron chi connectivity index (χ2n) is 7.82. The summed E-state index contributed by atoms with van der Waals surface area (Å²) in [5.74, 6) is 3.22. The molecule has 7 heteroatoms. The predicted octanol–water partition coefficient (Wildman–Crippen LogP) is 2.44. The molecule has 150 valence electrons. The lowest BCUT2D eigenvalue weighted by atomic mass is 9.99. The Morgan fingerprint density at radius 2 is 1.89 bits per heavy atom. The maximum atomic E-state index is 9.48. The van der Waals surface area contributed by atoms with E-state index in [1.54, 1.807) is 12.5 Å². The Morgan fingerprint density at radius 1 is 1.11 bits per heavy atom. The molecule has 2 aromatic heterocycles. The minimum atomic E-state index is 0.228. The molecule has 0 aromatic carbocycles. The smallest absolute Gasteiger partial charge is 0.134 e. The number of piperidine rings is 2. The van der Waals surface area contributed by atoms with Crippen molar-refractivity contribution in [2.45, 2.75) is 38.7 Å². The Kier molecular flexibility index (Phi) is 5.90. The molecular weight excluding hydrogens is 354 g/mol. The molecule has 0 aliphatic carbocycles. The SMILES string of the molecule is Cc1cnccc1OC1CCN(c2cc(N3CCC[C@H](CO)C3)ncn2)CC1. The molecule has 0 radical (unpaired) electrons. The lowest BCUT2D eigenvalue weighted by molar-refractivity contribution is 0.169. The predicted molar refractivity (Wildman–Crippen MR) is 109 cm³/mol. The van der Waals surface area contributed by atoms with Crippen molar-refractivity contribution in [3.8, 4) is 5.75 Å². The third-order valence-electron chi connectivity index (χ3n) is 5.77. The van der Waals surface area contributed by atoms with E-state index in [1.165, 1.54) is 0 Å². The summed E-state index contributed by atoms with van der Waals surface area (Å²) < 4.78 is 6.18. The number of ether oxygens (including phenoxy) is 1. The van der Waals surface area contributed by atoms with Gasteiger partial charge in [-0.15, -0.1) is 0 Å². The lowest BCUT2D eigenvalue weighted by Gasteiger charge is -2.35. The van der Waals surface area contributed by atoms with Gasteiger partial charge in [0.25, 0.3) is 0 Å². The third-order valence-corrected chi connectivity index (χ3v) is 5.77. The molecule has 0 amide bonds. The highest BCUT2D eigenvalue weighted by molar-refractivity contribution is 5.50. The van der Waals surface area contributed by atoms with Gasteiger partial charge in [-0.25, -0.2) is 9.97 Å². The van der Waals surface area contributed by atoms with Gasteiger partial charge in [-0.3, -0.25) is 4.98 Å². The van der Waals surface area contributed by atoms with Crippen molar-refractivity contribution in [3.63, 3.8) is 0 Å². The maximum absolute atomic E-state index is 9.48. The minimum absolute atomic E-state index is 0.228. The highest BCUT2D eigenvalue weighted by Gasteiger charge is 2.24. The van der Waals surface area contributed by atoms with Crippen LogP contribution in [0.4, 0.5) is 11.6 Å². The quantitative estimate of drug-likeness (QED) is 0.850. The molecule has 28 heavy (non-hydrogen) atoms. The summed E-state index contributed by atoms with van der Waals surface area (Å²) in [5, 5.41) is 9.48. The number of hydrogen-bond acceptors (Lipinski definition) is 7. The number of aliphatic hydroxyl groups is 1. The number of hydrogen-bond donors (Lipinski definition) is 1. The first-order valence-electron chi connectivity index (χ1n) is 10.2. The molecule has 2 aliphatic rings. The van der Waals surface area contributed by atoms with Gasteiger partial charge < -0.3 is 19.6 Å². The van der Waals surface area contributed by atoms with Crippen LogP contribution in [0.15, 0.2) is 30.9 Å². The molecule has 2 fully saturated rings. The fraction of sp³-hybridized carbons (Fsp3) is 0.571.